The first-order valence-electron chi connectivity index (χ1n) is 6.14. The van der Waals surface area contributed by atoms with E-state index in [1.165, 1.54) is 23.1 Å². The molecule has 88 valence electrons. The molecule has 1 aliphatic carbocycles. The van der Waals surface area contributed by atoms with Crippen LogP contribution in [0.5, 0.6) is 0 Å². The molecule has 1 nitrogen and oxygen atoms in total. The lowest BCUT2D eigenvalue weighted by molar-refractivity contribution is 0.137. The summed E-state index contributed by atoms with van der Waals surface area (Å²) in [6.07, 6.45) is 1.80. The molecule has 0 radical (unpaired) electrons. The van der Waals surface area contributed by atoms with Crippen molar-refractivity contribution >= 4 is 0 Å². The summed E-state index contributed by atoms with van der Waals surface area (Å²) in [7, 11) is 0. The number of hydrogen-bond donors (Lipinski definition) is 1. The number of aliphatic hydroxyl groups excluding tert-OH is 1. The number of aliphatic hydroxyl groups is 1. The van der Waals surface area contributed by atoms with Crippen molar-refractivity contribution in [2.75, 3.05) is 0 Å². The minimum atomic E-state index is -0.170. The van der Waals surface area contributed by atoms with Gasteiger partial charge in [0.25, 0.3) is 0 Å². The van der Waals surface area contributed by atoms with Crippen molar-refractivity contribution in [2.45, 2.75) is 46.6 Å². The van der Waals surface area contributed by atoms with E-state index in [0.29, 0.717) is 11.3 Å². The van der Waals surface area contributed by atoms with Gasteiger partial charge in [0.1, 0.15) is 0 Å². The largest absolute Gasteiger partial charge is 0.392 e. The standard InChI is InChI=1S/C15H22O/c1-10-5-11(2)7-12(6-10)8-14(16)13-9-15(13,3)4/h5-7,13-14,16H,8-9H2,1-4H3. The lowest BCUT2D eigenvalue weighted by atomic mass is 9.97. The highest BCUT2D eigenvalue weighted by Gasteiger charge is 2.49. The van der Waals surface area contributed by atoms with Crippen LogP contribution in [-0.4, -0.2) is 11.2 Å². The molecule has 1 aromatic rings. The summed E-state index contributed by atoms with van der Waals surface area (Å²) >= 11 is 0. The first-order valence-corrected chi connectivity index (χ1v) is 6.14. The van der Waals surface area contributed by atoms with Gasteiger partial charge in [0, 0.05) is 0 Å². The molecule has 0 bridgehead atoms. The first-order chi connectivity index (χ1) is 7.38. The Hall–Kier alpha value is -0.820. The Morgan fingerprint density at radius 3 is 2.19 bits per heavy atom. The second-order valence-electron chi connectivity index (χ2n) is 6.07. The third kappa shape index (κ3) is 2.46. The Bertz CT molecular complexity index is 372. The van der Waals surface area contributed by atoms with Crippen LogP contribution < -0.4 is 0 Å². The molecule has 0 heterocycles. The van der Waals surface area contributed by atoms with E-state index in [0.717, 1.165) is 6.42 Å². The van der Waals surface area contributed by atoms with E-state index in [1.54, 1.807) is 0 Å². The zero-order chi connectivity index (χ0) is 11.9. The van der Waals surface area contributed by atoms with Crippen molar-refractivity contribution in [3.63, 3.8) is 0 Å². The molecular formula is C15H22O. The number of aryl methyl sites for hydroxylation is 2. The summed E-state index contributed by atoms with van der Waals surface area (Å²) in [6.45, 7) is 8.71. The van der Waals surface area contributed by atoms with Crippen LogP contribution in [-0.2, 0) is 6.42 Å². The van der Waals surface area contributed by atoms with Gasteiger partial charge in [-0.3, -0.25) is 0 Å². The van der Waals surface area contributed by atoms with Gasteiger partial charge >= 0.3 is 0 Å². The van der Waals surface area contributed by atoms with Gasteiger partial charge in [0.15, 0.2) is 0 Å². The van der Waals surface area contributed by atoms with Crippen LogP contribution in [0.15, 0.2) is 18.2 Å². The normalized spacial score (nSPS) is 24.2. The Morgan fingerprint density at radius 1 is 1.25 bits per heavy atom. The summed E-state index contributed by atoms with van der Waals surface area (Å²) in [4.78, 5) is 0. The lowest BCUT2D eigenvalue weighted by Gasteiger charge is -2.13. The molecule has 0 aromatic heterocycles. The van der Waals surface area contributed by atoms with Crippen LogP contribution in [0.2, 0.25) is 0 Å². The van der Waals surface area contributed by atoms with Crippen molar-refractivity contribution in [3.05, 3.63) is 34.9 Å². The summed E-state index contributed by atoms with van der Waals surface area (Å²) in [5.41, 5.74) is 4.21. The van der Waals surface area contributed by atoms with Gasteiger partial charge in [-0.2, -0.15) is 0 Å². The maximum atomic E-state index is 10.2. The third-order valence-corrected chi connectivity index (χ3v) is 3.78. The Morgan fingerprint density at radius 2 is 1.75 bits per heavy atom. The second kappa shape index (κ2) is 3.89. The van der Waals surface area contributed by atoms with Crippen LogP contribution in [0.1, 0.15) is 37.0 Å². The molecule has 1 aliphatic rings. The molecule has 2 unspecified atom stereocenters. The SMILES string of the molecule is Cc1cc(C)cc(CC(O)C2CC2(C)C)c1. The monoisotopic (exact) mass is 218 g/mol. The highest BCUT2D eigenvalue weighted by Crippen LogP contribution is 2.54. The van der Waals surface area contributed by atoms with E-state index < -0.39 is 0 Å². The number of hydrogen-bond acceptors (Lipinski definition) is 1. The number of rotatable bonds is 3. The van der Waals surface area contributed by atoms with Crippen LogP contribution in [0, 0.1) is 25.2 Å². The fourth-order valence-electron chi connectivity index (χ4n) is 2.74. The average molecular weight is 218 g/mol. The lowest BCUT2D eigenvalue weighted by Crippen LogP contribution is -2.16. The number of benzene rings is 1. The van der Waals surface area contributed by atoms with E-state index in [1.807, 2.05) is 0 Å². The average Bonchev–Trinajstić information content (AvgIpc) is 2.73. The van der Waals surface area contributed by atoms with Crippen LogP contribution in [0.3, 0.4) is 0 Å². The minimum Gasteiger partial charge on any atom is -0.392 e. The molecule has 1 saturated carbocycles. The van der Waals surface area contributed by atoms with Crippen LogP contribution >= 0.6 is 0 Å². The molecule has 1 aromatic carbocycles. The van der Waals surface area contributed by atoms with Gasteiger partial charge in [0.2, 0.25) is 0 Å². The quantitative estimate of drug-likeness (QED) is 0.825. The summed E-state index contributed by atoms with van der Waals surface area (Å²) in [5.74, 6) is 0.494. The molecule has 1 heteroatoms. The van der Waals surface area contributed by atoms with Gasteiger partial charge in [-0.15, -0.1) is 0 Å². The zero-order valence-corrected chi connectivity index (χ0v) is 10.7. The molecule has 0 saturated heterocycles. The Kier molecular flexibility index (Phi) is 2.83. The van der Waals surface area contributed by atoms with Gasteiger partial charge in [-0.25, -0.2) is 0 Å². The van der Waals surface area contributed by atoms with Crippen molar-refractivity contribution in [1.29, 1.82) is 0 Å². The van der Waals surface area contributed by atoms with E-state index in [4.69, 9.17) is 0 Å². The predicted molar refractivity (Wildman–Crippen MR) is 67.5 cm³/mol. The van der Waals surface area contributed by atoms with Crippen molar-refractivity contribution in [1.82, 2.24) is 0 Å². The van der Waals surface area contributed by atoms with Crippen molar-refractivity contribution in [3.8, 4) is 0 Å². The zero-order valence-electron chi connectivity index (χ0n) is 10.7. The Balaban J connectivity index is 2.04. The van der Waals surface area contributed by atoms with Crippen molar-refractivity contribution < 1.29 is 5.11 Å². The molecule has 0 aliphatic heterocycles. The molecule has 2 atom stereocenters. The predicted octanol–water partition coefficient (Wildman–Crippen LogP) is 3.25. The van der Waals surface area contributed by atoms with Crippen LogP contribution in [0.4, 0.5) is 0 Å². The Labute approximate surface area is 98.5 Å². The molecule has 2 rings (SSSR count). The maximum Gasteiger partial charge on any atom is 0.0614 e. The molecule has 1 N–H and O–H groups in total. The van der Waals surface area contributed by atoms with Crippen molar-refractivity contribution in [2.24, 2.45) is 11.3 Å². The first kappa shape index (κ1) is 11.7. The van der Waals surface area contributed by atoms with E-state index >= 15 is 0 Å². The second-order valence-corrected chi connectivity index (χ2v) is 6.07. The minimum absolute atomic E-state index is 0.170. The van der Waals surface area contributed by atoms with Gasteiger partial charge < -0.3 is 5.11 Å². The van der Waals surface area contributed by atoms with Gasteiger partial charge in [-0.05, 0) is 43.6 Å². The van der Waals surface area contributed by atoms with Gasteiger partial charge in [0.05, 0.1) is 6.10 Å². The molecular weight excluding hydrogens is 196 g/mol. The molecule has 16 heavy (non-hydrogen) atoms. The highest BCUT2D eigenvalue weighted by atomic mass is 16.3. The fourth-order valence-corrected chi connectivity index (χ4v) is 2.74. The van der Waals surface area contributed by atoms with E-state index in [2.05, 4.69) is 45.9 Å². The smallest absolute Gasteiger partial charge is 0.0614 e. The molecule has 0 spiro atoms. The summed E-state index contributed by atoms with van der Waals surface area (Å²) in [5, 5.41) is 10.2. The van der Waals surface area contributed by atoms with E-state index in [9.17, 15) is 5.11 Å². The van der Waals surface area contributed by atoms with Crippen LogP contribution in [0.25, 0.3) is 0 Å². The summed E-state index contributed by atoms with van der Waals surface area (Å²) < 4.78 is 0. The third-order valence-electron chi connectivity index (χ3n) is 3.78. The summed E-state index contributed by atoms with van der Waals surface area (Å²) in [6, 6.07) is 6.55. The topological polar surface area (TPSA) is 20.2 Å². The molecule has 0 amide bonds. The van der Waals surface area contributed by atoms with E-state index in [-0.39, 0.29) is 6.10 Å². The molecule has 1 fully saturated rings. The maximum absolute atomic E-state index is 10.2. The fraction of sp³-hybridized carbons (Fsp3) is 0.600. The van der Waals surface area contributed by atoms with Gasteiger partial charge in [-0.1, -0.05) is 43.2 Å². The highest BCUT2D eigenvalue weighted by molar-refractivity contribution is 5.29.